The maximum Gasteiger partial charge on any atom is 0.269 e. The molecule has 1 N–H and O–H groups in total. The minimum absolute atomic E-state index is 0.0833. The lowest BCUT2D eigenvalue weighted by atomic mass is 10.2. The molecule has 0 atom stereocenters. The Morgan fingerprint density at radius 3 is 2.40 bits per heavy atom. The predicted molar refractivity (Wildman–Crippen MR) is 97.7 cm³/mol. The number of amides is 1. The van der Waals surface area contributed by atoms with Crippen LogP contribution in [0.2, 0.25) is 0 Å². The number of nitrogens with one attached hydrogen (secondary N) is 1. The van der Waals surface area contributed by atoms with Gasteiger partial charge in [0.15, 0.2) is 0 Å². The van der Waals surface area contributed by atoms with Gasteiger partial charge >= 0.3 is 0 Å². The number of pyridine rings is 1. The second-order valence-corrected chi connectivity index (χ2v) is 6.35. The van der Waals surface area contributed by atoms with Crippen LogP contribution in [-0.4, -0.2) is 40.6 Å². The average Bonchev–Trinajstić information content (AvgIpc) is 2.98. The molecule has 0 aliphatic rings. The lowest BCUT2D eigenvalue weighted by Crippen LogP contribution is -2.22. The Kier molecular flexibility index (Phi) is 4.35. The van der Waals surface area contributed by atoms with E-state index in [9.17, 15) is 9.59 Å². The van der Waals surface area contributed by atoms with Gasteiger partial charge in [0, 0.05) is 25.5 Å². The van der Waals surface area contributed by atoms with Gasteiger partial charge in [0.25, 0.3) is 11.5 Å². The summed E-state index contributed by atoms with van der Waals surface area (Å²) < 4.78 is 7.20. The molecule has 3 rings (SSSR count). The highest BCUT2D eigenvalue weighted by atomic mass is 16.5. The molecule has 3 aromatic rings. The van der Waals surface area contributed by atoms with Crippen molar-refractivity contribution in [3.8, 4) is 11.4 Å². The molecule has 2 aromatic heterocycles. The second kappa shape index (κ2) is 6.47. The Bertz CT molecular complexity index is 966. The third-order valence-corrected chi connectivity index (χ3v) is 3.78. The first-order valence-electron chi connectivity index (χ1n) is 8.10. The van der Waals surface area contributed by atoms with Crippen LogP contribution >= 0.6 is 0 Å². The first-order valence-corrected chi connectivity index (χ1v) is 8.10. The fraction of sp³-hybridized carbons (Fsp3) is 0.263. The Morgan fingerprint density at radius 2 is 1.80 bits per heavy atom. The van der Waals surface area contributed by atoms with E-state index in [2.05, 4.69) is 4.98 Å². The van der Waals surface area contributed by atoms with Gasteiger partial charge in [0.2, 0.25) is 0 Å². The number of carbonyl (C=O) groups excluding carboxylic acids is 1. The van der Waals surface area contributed by atoms with E-state index in [4.69, 9.17) is 4.74 Å². The zero-order valence-electron chi connectivity index (χ0n) is 14.7. The average molecular weight is 339 g/mol. The summed E-state index contributed by atoms with van der Waals surface area (Å²) in [5, 5.41) is 0.798. The van der Waals surface area contributed by atoms with Gasteiger partial charge in [-0.2, -0.15) is 0 Å². The lowest BCUT2D eigenvalue weighted by molar-refractivity contribution is 0.0823. The number of benzene rings is 1. The van der Waals surface area contributed by atoms with Crippen LogP contribution in [0.5, 0.6) is 5.75 Å². The van der Waals surface area contributed by atoms with Gasteiger partial charge in [-0.3, -0.25) is 14.2 Å². The number of hydrogen-bond donors (Lipinski definition) is 1. The quantitative estimate of drug-likeness (QED) is 0.795. The van der Waals surface area contributed by atoms with Gasteiger partial charge in [0.1, 0.15) is 17.1 Å². The number of rotatable bonds is 4. The number of nitrogens with zero attached hydrogens (tertiary/aromatic N) is 2. The van der Waals surface area contributed by atoms with Crippen molar-refractivity contribution in [3.05, 3.63) is 58.5 Å². The molecule has 1 amide bonds. The molecule has 0 aliphatic carbocycles. The Morgan fingerprint density at radius 1 is 1.12 bits per heavy atom. The van der Waals surface area contributed by atoms with Gasteiger partial charge < -0.3 is 14.6 Å². The van der Waals surface area contributed by atoms with Crippen LogP contribution in [0, 0.1) is 0 Å². The summed E-state index contributed by atoms with van der Waals surface area (Å²) in [5.74, 6) is 0.602. The summed E-state index contributed by atoms with van der Waals surface area (Å²) in [5.41, 5.74) is 1.57. The second-order valence-electron chi connectivity index (χ2n) is 6.35. The molecule has 0 aliphatic heterocycles. The fourth-order valence-corrected chi connectivity index (χ4v) is 2.68. The molecule has 0 fully saturated rings. The number of carbonyl (C=O) groups is 1. The number of ether oxygens (including phenoxy) is 1. The molecule has 0 saturated heterocycles. The maximum atomic E-state index is 12.4. The molecule has 0 bridgehead atoms. The largest absolute Gasteiger partial charge is 0.491 e. The summed E-state index contributed by atoms with van der Waals surface area (Å²) in [6.07, 6.45) is 0.0833. The van der Waals surface area contributed by atoms with Crippen LogP contribution in [0.15, 0.2) is 47.3 Å². The van der Waals surface area contributed by atoms with Crippen molar-refractivity contribution in [1.82, 2.24) is 14.5 Å². The normalized spacial score (nSPS) is 11.1. The smallest absolute Gasteiger partial charge is 0.269 e. The third-order valence-electron chi connectivity index (χ3n) is 3.78. The van der Waals surface area contributed by atoms with Gasteiger partial charge in [-0.05, 0) is 50.2 Å². The Hall–Kier alpha value is -3.02. The highest BCUT2D eigenvalue weighted by molar-refractivity contribution is 5.97. The van der Waals surface area contributed by atoms with Gasteiger partial charge in [0.05, 0.1) is 11.8 Å². The highest BCUT2D eigenvalue weighted by Crippen LogP contribution is 2.20. The van der Waals surface area contributed by atoms with Crippen LogP contribution in [0.25, 0.3) is 16.7 Å². The summed E-state index contributed by atoms with van der Waals surface area (Å²) in [4.78, 5) is 29.2. The summed E-state index contributed by atoms with van der Waals surface area (Å²) >= 11 is 0. The van der Waals surface area contributed by atoms with Crippen LogP contribution in [-0.2, 0) is 0 Å². The molecule has 0 saturated carbocycles. The molecule has 130 valence electrons. The van der Waals surface area contributed by atoms with Gasteiger partial charge in [-0.25, -0.2) is 0 Å². The van der Waals surface area contributed by atoms with Gasteiger partial charge in [-0.1, -0.05) is 0 Å². The van der Waals surface area contributed by atoms with Crippen molar-refractivity contribution in [3.63, 3.8) is 0 Å². The number of hydrogen-bond acceptors (Lipinski definition) is 3. The number of H-pyrrole nitrogens is 1. The molecular weight excluding hydrogens is 318 g/mol. The Balaban J connectivity index is 2.10. The van der Waals surface area contributed by atoms with Crippen molar-refractivity contribution < 1.29 is 9.53 Å². The summed E-state index contributed by atoms with van der Waals surface area (Å²) in [6, 6.07) is 12.3. The first kappa shape index (κ1) is 16.8. The van der Waals surface area contributed by atoms with Crippen LogP contribution in [0.4, 0.5) is 0 Å². The van der Waals surface area contributed by atoms with E-state index in [1.54, 1.807) is 30.8 Å². The van der Waals surface area contributed by atoms with Crippen molar-refractivity contribution >= 4 is 16.9 Å². The standard InChI is InChI=1S/C19H21N3O3/c1-12(2)25-15-8-6-14(7-9-15)22-17(23)10-5-13-11-16(20-18(13)22)19(24)21(3)4/h5-12,20H,1-4H3. The topological polar surface area (TPSA) is 67.3 Å². The van der Waals surface area contributed by atoms with Crippen molar-refractivity contribution in [2.75, 3.05) is 14.1 Å². The monoisotopic (exact) mass is 339 g/mol. The van der Waals surface area contributed by atoms with Crippen molar-refractivity contribution in [1.29, 1.82) is 0 Å². The molecular formula is C19H21N3O3. The lowest BCUT2D eigenvalue weighted by Gasteiger charge is -2.12. The molecule has 25 heavy (non-hydrogen) atoms. The molecule has 0 spiro atoms. The first-order chi connectivity index (χ1) is 11.9. The maximum absolute atomic E-state index is 12.4. The van der Waals surface area contributed by atoms with Crippen molar-refractivity contribution in [2.24, 2.45) is 0 Å². The van der Waals surface area contributed by atoms with E-state index in [0.29, 0.717) is 17.0 Å². The molecule has 2 heterocycles. The van der Waals surface area contributed by atoms with E-state index < -0.39 is 0 Å². The van der Waals surface area contributed by atoms with E-state index in [1.165, 1.54) is 11.0 Å². The van der Waals surface area contributed by atoms with Crippen molar-refractivity contribution in [2.45, 2.75) is 20.0 Å². The molecule has 0 radical (unpaired) electrons. The van der Waals surface area contributed by atoms with E-state index in [1.807, 2.05) is 38.1 Å². The highest BCUT2D eigenvalue weighted by Gasteiger charge is 2.14. The van der Waals surface area contributed by atoms with E-state index >= 15 is 0 Å². The number of fused-ring (bicyclic) bond motifs is 1. The molecule has 6 nitrogen and oxygen atoms in total. The number of aromatic amines is 1. The third kappa shape index (κ3) is 3.28. The summed E-state index contributed by atoms with van der Waals surface area (Å²) in [7, 11) is 3.38. The van der Waals surface area contributed by atoms with Crippen LogP contribution in [0.1, 0.15) is 24.3 Å². The SMILES string of the molecule is CC(C)Oc1ccc(-n2c(=O)ccc3cc(C(=O)N(C)C)[nH]c32)cc1. The van der Waals surface area contributed by atoms with Gasteiger partial charge in [-0.15, -0.1) is 0 Å². The number of aromatic nitrogens is 2. The zero-order chi connectivity index (χ0) is 18.1. The molecule has 1 aromatic carbocycles. The minimum atomic E-state index is -0.171. The zero-order valence-corrected chi connectivity index (χ0v) is 14.7. The Labute approximate surface area is 145 Å². The van der Waals surface area contributed by atoms with Crippen LogP contribution < -0.4 is 10.3 Å². The van der Waals surface area contributed by atoms with E-state index in [-0.39, 0.29) is 17.6 Å². The summed E-state index contributed by atoms with van der Waals surface area (Å²) in [6.45, 7) is 3.92. The fourth-order valence-electron chi connectivity index (χ4n) is 2.68. The molecule has 6 heteroatoms. The van der Waals surface area contributed by atoms with E-state index in [0.717, 1.165) is 11.1 Å². The minimum Gasteiger partial charge on any atom is -0.491 e. The molecule has 0 unspecified atom stereocenters. The predicted octanol–water partition coefficient (Wildman–Crippen LogP) is 2.81. The van der Waals surface area contributed by atoms with Crippen LogP contribution in [0.3, 0.4) is 0 Å².